The third-order valence-corrected chi connectivity index (χ3v) is 0.901. The molecule has 0 fully saturated rings. The average Bonchev–Trinajstić information content (AvgIpc) is 1.68. The van der Waals surface area contributed by atoms with Crippen LogP contribution in [0.1, 0.15) is 19.8 Å². The van der Waals surface area contributed by atoms with Crippen LogP contribution in [-0.2, 0) is 28.1 Å². The Kier molecular flexibility index (Phi) is 10.8. The zero-order chi connectivity index (χ0) is 5.70. The molecule has 0 heterocycles. The van der Waals surface area contributed by atoms with Gasteiger partial charge in [0.25, 0.3) is 0 Å². The fourth-order valence-electron chi connectivity index (χ4n) is 0.243. The summed E-state index contributed by atoms with van der Waals surface area (Å²) in [5.74, 6) is -0.206. The molecule has 0 saturated carbocycles. The number of hydrogen-bond donors (Lipinski definition) is 0. The van der Waals surface area contributed by atoms with Crippen LogP contribution in [0, 0.1) is 0 Å². The third-order valence-electron chi connectivity index (χ3n) is 0.540. The Morgan fingerprint density at radius 1 is 1.75 bits per heavy atom. The molecule has 0 spiro atoms. The van der Waals surface area contributed by atoms with Gasteiger partial charge in [-0.3, -0.25) is 4.79 Å². The first-order chi connectivity index (χ1) is 3.31. The van der Waals surface area contributed by atoms with Gasteiger partial charge in [0, 0.05) is 25.9 Å². The van der Waals surface area contributed by atoms with E-state index < -0.39 is 0 Å². The van der Waals surface area contributed by atoms with Crippen molar-refractivity contribution in [3.63, 3.8) is 0 Å². The van der Waals surface area contributed by atoms with Crippen LogP contribution in [0.2, 0.25) is 0 Å². The van der Waals surface area contributed by atoms with Crippen LogP contribution in [0.5, 0.6) is 0 Å². The van der Waals surface area contributed by atoms with Crippen molar-refractivity contribution in [1.29, 1.82) is 0 Å². The number of carbonyl (C=O) groups excluding carboxylic acids is 1. The van der Waals surface area contributed by atoms with Crippen LogP contribution in [0.3, 0.4) is 0 Å². The Bertz CT molecular complexity index is 67.1. The zero-order valence-electron chi connectivity index (χ0n) is 4.82. The van der Waals surface area contributed by atoms with Crippen molar-refractivity contribution < 1.29 is 28.1 Å². The molecule has 0 N–H and O–H groups in total. The zero-order valence-corrected chi connectivity index (χ0v) is 9.37. The number of carbonyl (C=O) groups is 1. The molecule has 0 unspecified atom stereocenters. The van der Waals surface area contributed by atoms with Crippen LogP contribution >= 0.6 is 16.3 Å². The van der Waals surface area contributed by atoms with E-state index in [4.69, 9.17) is 0 Å². The van der Waals surface area contributed by atoms with Crippen molar-refractivity contribution in [3.8, 4) is 0 Å². The minimum Gasteiger partial charge on any atom is -0.384 e. The van der Waals surface area contributed by atoms with Gasteiger partial charge in [0.15, 0.2) is 16.3 Å². The first kappa shape index (κ1) is 11.4. The van der Waals surface area contributed by atoms with Gasteiger partial charge in [0.1, 0.15) is 0 Å². The molecule has 0 aromatic carbocycles. The van der Waals surface area contributed by atoms with Gasteiger partial charge in [-0.2, -0.15) is 0 Å². The van der Waals surface area contributed by atoms with E-state index in [0.29, 0.717) is 6.42 Å². The van der Waals surface area contributed by atoms with Gasteiger partial charge in [-0.1, -0.05) is 6.92 Å². The maximum absolute atomic E-state index is 10.1. The van der Waals surface area contributed by atoms with Crippen LogP contribution in [0.4, 0.5) is 0 Å². The maximum atomic E-state index is 10.1. The second-order valence-corrected chi connectivity index (χ2v) is 1.52. The summed E-state index contributed by atoms with van der Waals surface area (Å²) in [5.41, 5.74) is 0. The largest absolute Gasteiger partial charge is 0.384 e. The van der Waals surface area contributed by atoms with E-state index in [1.807, 2.05) is 6.92 Å². The van der Waals surface area contributed by atoms with Gasteiger partial charge in [-0.25, -0.2) is 0 Å². The molecule has 0 aliphatic rings. The SMILES string of the molecule is CCCC(=O)OBr.[Zn]. The van der Waals surface area contributed by atoms with Crippen LogP contribution in [-0.4, -0.2) is 5.97 Å². The standard InChI is InChI=1S/C4H7BrO2.Zn/c1-2-3-4(6)7-5;/h2-3H2,1H3;. The van der Waals surface area contributed by atoms with E-state index in [2.05, 4.69) is 20.1 Å². The van der Waals surface area contributed by atoms with Crippen LogP contribution in [0.15, 0.2) is 0 Å². The molecule has 0 aliphatic heterocycles. The molecule has 44 valence electrons. The number of rotatable bonds is 2. The Hall–Kier alpha value is 0.573. The van der Waals surface area contributed by atoms with Crippen molar-refractivity contribution in [1.82, 2.24) is 0 Å². The van der Waals surface area contributed by atoms with Gasteiger partial charge < -0.3 is 3.83 Å². The molecular formula is C4H7BrO2Zn. The average molecular weight is 232 g/mol. The molecule has 0 radical (unpaired) electrons. The van der Waals surface area contributed by atoms with E-state index in [-0.39, 0.29) is 25.4 Å². The predicted octanol–water partition coefficient (Wildman–Crippen LogP) is 1.64. The van der Waals surface area contributed by atoms with Crippen molar-refractivity contribution in [3.05, 3.63) is 0 Å². The molecule has 8 heavy (non-hydrogen) atoms. The fourth-order valence-corrected chi connectivity index (χ4v) is 0.405. The topological polar surface area (TPSA) is 26.3 Å². The van der Waals surface area contributed by atoms with E-state index in [0.717, 1.165) is 6.42 Å². The van der Waals surface area contributed by atoms with E-state index in [9.17, 15) is 4.79 Å². The van der Waals surface area contributed by atoms with Crippen molar-refractivity contribution >= 4 is 22.2 Å². The minimum absolute atomic E-state index is 0. The van der Waals surface area contributed by atoms with E-state index in [1.165, 1.54) is 0 Å². The summed E-state index contributed by atoms with van der Waals surface area (Å²) in [6.45, 7) is 1.92. The Morgan fingerprint density at radius 3 is 2.38 bits per heavy atom. The summed E-state index contributed by atoms with van der Waals surface area (Å²) in [5, 5.41) is 0. The normalized spacial score (nSPS) is 7.25. The van der Waals surface area contributed by atoms with Crippen LogP contribution < -0.4 is 0 Å². The molecule has 0 bridgehead atoms. The summed E-state index contributed by atoms with van der Waals surface area (Å²) in [6.07, 6.45) is 1.33. The monoisotopic (exact) mass is 230 g/mol. The third kappa shape index (κ3) is 6.57. The molecule has 0 aromatic heterocycles. The molecule has 2 nitrogen and oxygen atoms in total. The maximum Gasteiger partial charge on any atom is 0.317 e. The predicted molar refractivity (Wildman–Crippen MR) is 29.9 cm³/mol. The second-order valence-electron chi connectivity index (χ2n) is 1.20. The summed E-state index contributed by atoms with van der Waals surface area (Å²) < 4.78 is 4.16. The second kappa shape index (κ2) is 7.57. The van der Waals surface area contributed by atoms with Gasteiger partial charge >= 0.3 is 5.97 Å². The van der Waals surface area contributed by atoms with Crippen molar-refractivity contribution in [2.45, 2.75) is 19.8 Å². The summed E-state index contributed by atoms with van der Waals surface area (Å²) in [4.78, 5) is 10.1. The first-order valence-corrected chi connectivity index (χ1v) is 2.77. The molecule has 4 heteroatoms. The number of halogens is 1. The van der Waals surface area contributed by atoms with E-state index >= 15 is 0 Å². The molecular weight excluding hydrogens is 225 g/mol. The fraction of sp³-hybridized carbons (Fsp3) is 0.750. The Balaban J connectivity index is 0. The summed E-state index contributed by atoms with van der Waals surface area (Å²) in [7, 11) is 0. The van der Waals surface area contributed by atoms with Crippen molar-refractivity contribution in [2.75, 3.05) is 0 Å². The summed E-state index contributed by atoms with van der Waals surface area (Å²) in [6, 6.07) is 0. The Labute approximate surface area is 70.2 Å². The molecule has 0 saturated heterocycles. The van der Waals surface area contributed by atoms with Gasteiger partial charge in [-0.05, 0) is 6.42 Å². The molecule has 0 atom stereocenters. The Morgan fingerprint density at radius 2 is 2.25 bits per heavy atom. The van der Waals surface area contributed by atoms with E-state index in [1.54, 1.807) is 0 Å². The molecule has 0 aromatic rings. The van der Waals surface area contributed by atoms with Crippen LogP contribution in [0.25, 0.3) is 0 Å². The van der Waals surface area contributed by atoms with Gasteiger partial charge in [0.05, 0.1) is 0 Å². The van der Waals surface area contributed by atoms with Crippen molar-refractivity contribution in [2.24, 2.45) is 0 Å². The number of hydrogen-bond acceptors (Lipinski definition) is 2. The molecule has 0 amide bonds. The van der Waals surface area contributed by atoms with Gasteiger partial charge in [0.2, 0.25) is 0 Å². The molecule has 0 rings (SSSR count). The first-order valence-electron chi connectivity index (χ1n) is 2.12. The summed E-state index contributed by atoms with van der Waals surface area (Å²) >= 11 is 2.57. The molecule has 0 aliphatic carbocycles. The quantitative estimate of drug-likeness (QED) is 0.677. The van der Waals surface area contributed by atoms with Gasteiger partial charge in [-0.15, -0.1) is 0 Å². The smallest absolute Gasteiger partial charge is 0.317 e. The minimum atomic E-state index is -0.206.